The zero-order chi connectivity index (χ0) is 19.5. The van der Waals surface area contributed by atoms with Crippen molar-refractivity contribution >= 4 is 17.7 Å². The molecule has 0 radical (unpaired) electrons. The van der Waals surface area contributed by atoms with Crippen LogP contribution in [0.2, 0.25) is 0 Å². The van der Waals surface area contributed by atoms with Gasteiger partial charge in [-0.1, -0.05) is 48.5 Å². The van der Waals surface area contributed by atoms with Gasteiger partial charge in [0.15, 0.2) is 0 Å². The van der Waals surface area contributed by atoms with Gasteiger partial charge >= 0.3 is 5.97 Å². The van der Waals surface area contributed by atoms with Gasteiger partial charge in [0.25, 0.3) is 0 Å². The Balaban J connectivity index is 1.76. The first-order chi connectivity index (χ1) is 13.6. The van der Waals surface area contributed by atoms with Gasteiger partial charge in [0.05, 0.1) is 6.04 Å². The van der Waals surface area contributed by atoms with E-state index in [4.69, 9.17) is 5.11 Å². The third kappa shape index (κ3) is 3.62. The maximum atomic E-state index is 10.7. The summed E-state index contributed by atoms with van der Waals surface area (Å²) in [5.41, 5.74) is 5.47. The van der Waals surface area contributed by atoms with Crippen LogP contribution >= 0.6 is 0 Å². The van der Waals surface area contributed by atoms with Crippen LogP contribution in [0.3, 0.4) is 0 Å². The number of carbonyl (C=O) groups is 1. The quantitative estimate of drug-likeness (QED) is 0.656. The van der Waals surface area contributed by atoms with Gasteiger partial charge in [0.2, 0.25) is 0 Å². The molecule has 1 atom stereocenters. The van der Waals surface area contributed by atoms with E-state index in [0.29, 0.717) is 5.75 Å². The van der Waals surface area contributed by atoms with Crippen molar-refractivity contribution < 1.29 is 15.0 Å². The fourth-order valence-corrected chi connectivity index (χ4v) is 3.83. The van der Waals surface area contributed by atoms with Crippen LogP contribution in [0.25, 0.3) is 6.08 Å². The average Bonchev–Trinajstić information content (AvgIpc) is 2.72. The number of hydrogen-bond acceptors (Lipinski definition) is 3. The van der Waals surface area contributed by atoms with Gasteiger partial charge < -0.3 is 15.1 Å². The molecule has 1 aliphatic heterocycles. The summed E-state index contributed by atoms with van der Waals surface area (Å²) in [5.74, 6) is -0.667. The second-order valence-corrected chi connectivity index (χ2v) is 6.90. The van der Waals surface area contributed by atoms with Crippen molar-refractivity contribution in [3.8, 4) is 5.75 Å². The number of carboxylic acid groups (broad SMARTS) is 1. The Morgan fingerprint density at radius 1 is 1.00 bits per heavy atom. The molecule has 0 saturated carbocycles. The highest BCUT2D eigenvalue weighted by Crippen LogP contribution is 2.39. The Morgan fingerprint density at radius 2 is 1.75 bits per heavy atom. The number of phenols is 1. The molecule has 140 valence electrons. The molecule has 0 aliphatic carbocycles. The third-order valence-corrected chi connectivity index (χ3v) is 5.11. The second kappa shape index (κ2) is 7.61. The van der Waals surface area contributed by atoms with Crippen molar-refractivity contribution in [1.82, 2.24) is 0 Å². The minimum absolute atomic E-state index is 0.0317. The lowest BCUT2D eigenvalue weighted by Gasteiger charge is -2.39. The maximum Gasteiger partial charge on any atom is 0.328 e. The van der Waals surface area contributed by atoms with E-state index in [9.17, 15) is 9.90 Å². The standard InChI is InChI=1S/C24H21NO3/c26-21-11-12-22-19(16-21)14-15-25(20-4-2-1-3-5-20)24(22)18-9-6-17(7-10-18)8-13-23(27)28/h1-13,16,24,26H,14-15H2,(H,27,28)/b13-8+. The highest BCUT2D eigenvalue weighted by atomic mass is 16.4. The first-order valence-electron chi connectivity index (χ1n) is 9.26. The van der Waals surface area contributed by atoms with Crippen LogP contribution in [0.5, 0.6) is 5.75 Å². The molecule has 1 unspecified atom stereocenters. The van der Waals surface area contributed by atoms with E-state index < -0.39 is 5.97 Å². The summed E-state index contributed by atoms with van der Waals surface area (Å²) < 4.78 is 0. The van der Waals surface area contributed by atoms with Gasteiger partial charge in [-0.15, -0.1) is 0 Å². The van der Waals surface area contributed by atoms with E-state index in [-0.39, 0.29) is 6.04 Å². The van der Waals surface area contributed by atoms with Crippen molar-refractivity contribution in [3.05, 3.63) is 101 Å². The van der Waals surface area contributed by atoms with Gasteiger partial charge in [-0.25, -0.2) is 4.79 Å². The summed E-state index contributed by atoms with van der Waals surface area (Å²) in [6, 6.07) is 23.9. The lowest BCUT2D eigenvalue weighted by molar-refractivity contribution is -0.131. The predicted molar refractivity (Wildman–Crippen MR) is 111 cm³/mol. The van der Waals surface area contributed by atoms with E-state index in [0.717, 1.165) is 41.4 Å². The fraction of sp³-hybridized carbons (Fsp3) is 0.125. The molecule has 4 heteroatoms. The van der Waals surface area contributed by atoms with E-state index >= 15 is 0 Å². The molecular formula is C24H21NO3. The van der Waals surface area contributed by atoms with Crippen molar-refractivity contribution in [3.63, 3.8) is 0 Å². The summed E-state index contributed by atoms with van der Waals surface area (Å²) in [6.07, 6.45) is 3.60. The van der Waals surface area contributed by atoms with Gasteiger partial charge in [0.1, 0.15) is 5.75 Å². The average molecular weight is 371 g/mol. The summed E-state index contributed by atoms with van der Waals surface area (Å²) in [6.45, 7) is 0.853. The number of carboxylic acids is 1. The first kappa shape index (κ1) is 17.9. The number of hydrogen-bond donors (Lipinski definition) is 2. The number of anilines is 1. The molecular weight excluding hydrogens is 350 g/mol. The molecule has 3 aromatic rings. The minimum Gasteiger partial charge on any atom is -0.508 e. The predicted octanol–water partition coefficient (Wildman–Crippen LogP) is 4.64. The molecule has 0 spiro atoms. The van der Waals surface area contributed by atoms with Crippen LogP contribution in [0.4, 0.5) is 5.69 Å². The monoisotopic (exact) mass is 371 g/mol. The number of para-hydroxylation sites is 1. The molecule has 1 heterocycles. The molecule has 0 amide bonds. The molecule has 4 nitrogen and oxygen atoms in total. The topological polar surface area (TPSA) is 60.8 Å². The zero-order valence-corrected chi connectivity index (χ0v) is 15.3. The van der Waals surface area contributed by atoms with Crippen molar-refractivity contribution in [2.45, 2.75) is 12.5 Å². The summed E-state index contributed by atoms with van der Waals surface area (Å²) in [4.78, 5) is 13.1. The number of nitrogens with zero attached hydrogens (tertiary/aromatic N) is 1. The molecule has 0 bridgehead atoms. The largest absolute Gasteiger partial charge is 0.508 e. The number of rotatable bonds is 4. The van der Waals surface area contributed by atoms with Crippen LogP contribution < -0.4 is 4.90 Å². The lowest BCUT2D eigenvalue weighted by atomic mass is 9.87. The SMILES string of the molecule is O=C(O)/C=C/c1ccc(C2c3ccc(O)cc3CCN2c2ccccc2)cc1. The summed E-state index contributed by atoms with van der Waals surface area (Å²) in [5, 5.41) is 18.7. The van der Waals surface area contributed by atoms with E-state index in [1.165, 1.54) is 5.56 Å². The van der Waals surface area contributed by atoms with E-state index in [1.54, 1.807) is 12.1 Å². The number of phenolic OH excluding ortho intramolecular Hbond substituents is 1. The highest BCUT2D eigenvalue weighted by molar-refractivity contribution is 5.85. The smallest absolute Gasteiger partial charge is 0.328 e. The zero-order valence-electron chi connectivity index (χ0n) is 15.3. The number of aliphatic carboxylic acids is 1. The molecule has 0 saturated heterocycles. The number of aromatic hydroxyl groups is 1. The fourth-order valence-electron chi connectivity index (χ4n) is 3.83. The number of fused-ring (bicyclic) bond motifs is 1. The van der Waals surface area contributed by atoms with Gasteiger partial charge in [0, 0.05) is 18.3 Å². The van der Waals surface area contributed by atoms with E-state index in [1.807, 2.05) is 54.6 Å². The summed E-state index contributed by atoms with van der Waals surface area (Å²) in [7, 11) is 0. The third-order valence-electron chi connectivity index (χ3n) is 5.11. The Labute approximate surface area is 164 Å². The Bertz CT molecular complexity index is 1010. The lowest BCUT2D eigenvalue weighted by Crippen LogP contribution is -2.36. The second-order valence-electron chi connectivity index (χ2n) is 6.90. The maximum absolute atomic E-state index is 10.7. The van der Waals surface area contributed by atoms with Crippen molar-refractivity contribution in [1.29, 1.82) is 0 Å². The summed E-state index contributed by atoms with van der Waals surface area (Å²) >= 11 is 0. The highest BCUT2D eigenvalue weighted by Gasteiger charge is 2.29. The Kier molecular flexibility index (Phi) is 4.85. The first-order valence-corrected chi connectivity index (χ1v) is 9.26. The van der Waals surface area contributed by atoms with Gasteiger partial charge in [-0.3, -0.25) is 0 Å². The van der Waals surface area contributed by atoms with Gasteiger partial charge in [-0.2, -0.15) is 0 Å². The molecule has 3 aromatic carbocycles. The normalized spacial score (nSPS) is 16.1. The molecule has 0 fully saturated rings. The molecule has 0 aromatic heterocycles. The van der Waals surface area contributed by atoms with Crippen molar-refractivity contribution in [2.24, 2.45) is 0 Å². The molecule has 2 N–H and O–H groups in total. The molecule has 28 heavy (non-hydrogen) atoms. The Morgan fingerprint density at radius 3 is 2.46 bits per heavy atom. The van der Waals surface area contributed by atoms with Crippen LogP contribution in [0, 0.1) is 0 Å². The number of benzene rings is 3. The van der Waals surface area contributed by atoms with Crippen LogP contribution in [0.15, 0.2) is 78.9 Å². The van der Waals surface area contributed by atoms with E-state index in [2.05, 4.69) is 17.0 Å². The Hall–Kier alpha value is -3.53. The van der Waals surface area contributed by atoms with Gasteiger partial charge in [-0.05, 0) is 59.0 Å². The van der Waals surface area contributed by atoms with Crippen molar-refractivity contribution in [2.75, 3.05) is 11.4 Å². The van der Waals surface area contributed by atoms with Crippen LogP contribution in [-0.2, 0) is 11.2 Å². The molecule has 1 aliphatic rings. The van der Waals surface area contributed by atoms with Crippen LogP contribution in [-0.4, -0.2) is 22.7 Å². The molecule has 4 rings (SSSR count). The van der Waals surface area contributed by atoms with Crippen LogP contribution in [0.1, 0.15) is 28.3 Å². The minimum atomic E-state index is -0.958.